The number of methoxy groups -OCH3 is 1. The predicted octanol–water partition coefficient (Wildman–Crippen LogP) is 4.66. The Morgan fingerprint density at radius 1 is 1.14 bits per heavy atom. The van der Waals surface area contributed by atoms with Gasteiger partial charge >= 0.3 is 0 Å². The van der Waals surface area contributed by atoms with Gasteiger partial charge in [-0.25, -0.2) is 8.42 Å². The second-order valence-corrected chi connectivity index (χ2v) is 9.91. The molecule has 6 nitrogen and oxygen atoms in total. The molecule has 0 bridgehead atoms. The molecule has 0 atom stereocenters. The lowest BCUT2D eigenvalue weighted by molar-refractivity contribution is -0.118. The van der Waals surface area contributed by atoms with E-state index in [0.29, 0.717) is 17.1 Å². The summed E-state index contributed by atoms with van der Waals surface area (Å²) in [6, 6.07) is 6.56. The zero-order valence-corrected chi connectivity index (χ0v) is 18.6. The monoisotopic (exact) mass is 418 g/mol. The number of nitrogens with one attached hydrogen (secondary N) is 1. The molecule has 0 unspecified atom stereocenters. The highest BCUT2D eigenvalue weighted by Gasteiger charge is 2.33. The van der Waals surface area contributed by atoms with Crippen molar-refractivity contribution in [2.45, 2.75) is 69.2 Å². The topological polar surface area (TPSA) is 77.4 Å². The zero-order valence-electron chi connectivity index (χ0n) is 17.8. The number of aromatic nitrogens is 1. The van der Waals surface area contributed by atoms with E-state index in [9.17, 15) is 13.2 Å². The van der Waals surface area contributed by atoms with E-state index in [-0.39, 0.29) is 27.7 Å². The molecule has 2 aromatic rings. The second kappa shape index (κ2) is 8.22. The van der Waals surface area contributed by atoms with Crippen molar-refractivity contribution in [3.8, 4) is 5.75 Å². The summed E-state index contributed by atoms with van der Waals surface area (Å²) < 4.78 is 34.4. The summed E-state index contributed by atoms with van der Waals surface area (Å²) in [5.41, 5.74) is 1.58. The van der Waals surface area contributed by atoms with Gasteiger partial charge in [0.05, 0.1) is 12.0 Å². The fourth-order valence-electron chi connectivity index (χ4n) is 4.00. The van der Waals surface area contributed by atoms with Gasteiger partial charge in [-0.3, -0.25) is 4.79 Å². The first kappa shape index (κ1) is 21.4. The number of hydrogen-bond donors (Lipinski definition) is 1. The fraction of sp³-hybridized carbons (Fsp3) is 0.500. The summed E-state index contributed by atoms with van der Waals surface area (Å²) in [4.78, 5) is 12.9. The van der Waals surface area contributed by atoms with Crippen LogP contribution in [0.4, 0.5) is 5.82 Å². The summed E-state index contributed by atoms with van der Waals surface area (Å²) in [5.74, 6) is 0.558. The third kappa shape index (κ3) is 3.92. The van der Waals surface area contributed by atoms with Crippen LogP contribution < -0.4 is 10.1 Å². The van der Waals surface area contributed by atoms with Crippen LogP contribution in [0.15, 0.2) is 34.1 Å². The van der Waals surface area contributed by atoms with E-state index >= 15 is 0 Å². The lowest BCUT2D eigenvalue weighted by atomic mass is 10.2. The molecule has 1 aliphatic carbocycles. The highest BCUT2D eigenvalue weighted by Crippen LogP contribution is 2.41. The predicted molar refractivity (Wildman–Crippen MR) is 113 cm³/mol. The normalized spacial score (nSPS) is 15.1. The van der Waals surface area contributed by atoms with Gasteiger partial charge in [0.1, 0.15) is 16.5 Å². The first-order valence-corrected chi connectivity index (χ1v) is 11.6. The van der Waals surface area contributed by atoms with Gasteiger partial charge in [0.15, 0.2) is 0 Å². The number of carbonyl (C=O) groups is 1. The van der Waals surface area contributed by atoms with Gasteiger partial charge in [-0.2, -0.15) is 0 Å². The van der Waals surface area contributed by atoms with Gasteiger partial charge in [0.25, 0.3) is 0 Å². The molecule has 3 rings (SSSR count). The lowest BCUT2D eigenvalue weighted by Crippen LogP contribution is -2.23. The molecule has 29 heavy (non-hydrogen) atoms. The van der Waals surface area contributed by atoms with E-state index in [4.69, 9.17) is 4.74 Å². The van der Waals surface area contributed by atoms with E-state index < -0.39 is 9.84 Å². The Morgan fingerprint density at radius 2 is 1.72 bits per heavy atom. The molecule has 1 amide bonds. The SMILES string of the molecule is COc1ccc(S(=O)(=O)c2c(C)c(C)n(C3CCCC3)c2NC(=O)C(C)C)cc1. The number of nitrogens with zero attached hydrogens (tertiary/aromatic N) is 1. The Labute approximate surface area is 173 Å². The molecule has 1 aromatic heterocycles. The number of carbonyl (C=O) groups excluding carboxylic acids is 1. The van der Waals surface area contributed by atoms with Gasteiger partial charge in [0, 0.05) is 17.7 Å². The summed E-state index contributed by atoms with van der Waals surface area (Å²) in [7, 11) is -2.28. The standard InChI is InChI=1S/C22H30N2O4S/c1-14(2)22(25)23-21-20(15(3)16(4)24(21)17-8-6-7-9-17)29(26,27)19-12-10-18(28-5)11-13-19/h10-14,17H,6-9H2,1-5H3,(H,23,25). The summed E-state index contributed by atoms with van der Waals surface area (Å²) in [6.07, 6.45) is 4.20. The van der Waals surface area contributed by atoms with Crippen molar-refractivity contribution in [2.24, 2.45) is 5.92 Å². The van der Waals surface area contributed by atoms with Crippen molar-refractivity contribution in [3.63, 3.8) is 0 Å². The fourth-order valence-corrected chi connectivity index (χ4v) is 5.68. The molecule has 0 saturated heterocycles. The molecule has 1 aliphatic rings. The quantitative estimate of drug-likeness (QED) is 0.740. The lowest BCUT2D eigenvalue weighted by Gasteiger charge is -2.20. The van der Waals surface area contributed by atoms with Crippen LogP contribution >= 0.6 is 0 Å². The molecule has 1 saturated carbocycles. The largest absolute Gasteiger partial charge is 0.497 e. The van der Waals surface area contributed by atoms with Gasteiger partial charge in [-0.15, -0.1) is 0 Å². The third-order valence-electron chi connectivity index (χ3n) is 5.79. The molecular formula is C22H30N2O4S. The van der Waals surface area contributed by atoms with E-state index in [1.165, 1.54) is 7.11 Å². The van der Waals surface area contributed by atoms with E-state index in [1.807, 2.05) is 18.4 Å². The van der Waals surface area contributed by atoms with Crippen molar-refractivity contribution in [3.05, 3.63) is 35.5 Å². The number of rotatable bonds is 6. The summed E-state index contributed by atoms with van der Waals surface area (Å²) in [6.45, 7) is 7.36. The maximum absolute atomic E-state index is 13.6. The number of sulfone groups is 1. The van der Waals surface area contributed by atoms with Crippen LogP contribution in [0.25, 0.3) is 0 Å². The molecule has 0 radical (unpaired) electrons. The number of amides is 1. The molecule has 0 spiro atoms. The molecule has 1 N–H and O–H groups in total. The molecule has 0 aliphatic heterocycles. The van der Waals surface area contributed by atoms with Crippen LogP contribution in [0.2, 0.25) is 0 Å². The first-order valence-electron chi connectivity index (χ1n) is 10.1. The summed E-state index contributed by atoms with van der Waals surface area (Å²) in [5, 5.41) is 2.94. The average molecular weight is 419 g/mol. The molecule has 1 aromatic carbocycles. The van der Waals surface area contributed by atoms with Crippen molar-refractivity contribution in [2.75, 3.05) is 12.4 Å². The highest BCUT2D eigenvalue weighted by molar-refractivity contribution is 7.91. The highest BCUT2D eigenvalue weighted by atomic mass is 32.2. The van der Waals surface area contributed by atoms with Gasteiger partial charge in [-0.05, 0) is 56.5 Å². The van der Waals surface area contributed by atoms with Crippen LogP contribution in [-0.2, 0) is 14.6 Å². The van der Waals surface area contributed by atoms with Crippen molar-refractivity contribution in [1.82, 2.24) is 4.57 Å². The summed E-state index contributed by atoms with van der Waals surface area (Å²) >= 11 is 0. The Kier molecular flexibility index (Phi) is 6.08. The zero-order chi connectivity index (χ0) is 21.3. The molecule has 7 heteroatoms. The van der Waals surface area contributed by atoms with Crippen molar-refractivity contribution < 1.29 is 17.9 Å². The minimum Gasteiger partial charge on any atom is -0.497 e. The van der Waals surface area contributed by atoms with Crippen LogP contribution in [0.3, 0.4) is 0 Å². The molecule has 1 fully saturated rings. The molecule has 1 heterocycles. The molecule has 158 valence electrons. The maximum Gasteiger partial charge on any atom is 0.228 e. The van der Waals surface area contributed by atoms with Gasteiger partial charge in [-0.1, -0.05) is 26.7 Å². The van der Waals surface area contributed by atoms with Gasteiger partial charge in [0.2, 0.25) is 15.7 Å². The Bertz CT molecular complexity index is 998. The van der Waals surface area contributed by atoms with E-state index in [1.54, 1.807) is 38.1 Å². The van der Waals surface area contributed by atoms with Crippen molar-refractivity contribution >= 4 is 21.6 Å². The number of benzene rings is 1. The van der Waals surface area contributed by atoms with Crippen LogP contribution in [0.5, 0.6) is 5.75 Å². The second-order valence-electron chi connectivity index (χ2n) is 8.02. The minimum absolute atomic E-state index is 0.185. The minimum atomic E-state index is -3.82. The van der Waals surface area contributed by atoms with Crippen LogP contribution in [0, 0.1) is 19.8 Å². The van der Waals surface area contributed by atoms with Crippen LogP contribution in [0.1, 0.15) is 56.8 Å². The van der Waals surface area contributed by atoms with Crippen molar-refractivity contribution in [1.29, 1.82) is 0 Å². The number of anilines is 1. The first-order chi connectivity index (χ1) is 13.7. The van der Waals surface area contributed by atoms with E-state index in [0.717, 1.165) is 31.4 Å². The average Bonchev–Trinajstić information content (AvgIpc) is 3.29. The maximum atomic E-state index is 13.6. The molecular weight excluding hydrogens is 388 g/mol. The number of hydrogen-bond acceptors (Lipinski definition) is 4. The smallest absolute Gasteiger partial charge is 0.228 e. The van der Waals surface area contributed by atoms with E-state index in [2.05, 4.69) is 5.32 Å². The Balaban J connectivity index is 2.20. The third-order valence-corrected chi connectivity index (χ3v) is 7.72. The Hall–Kier alpha value is -2.28. The van der Waals surface area contributed by atoms with Gasteiger partial charge < -0.3 is 14.6 Å². The van der Waals surface area contributed by atoms with Crippen LogP contribution in [-0.4, -0.2) is 26.0 Å². The number of ether oxygens (including phenoxy) is 1. The Morgan fingerprint density at radius 3 is 2.24 bits per heavy atom.